The number of allylic oxidation sites excluding steroid dienone is 4. The third-order valence-corrected chi connectivity index (χ3v) is 10.5. The van der Waals surface area contributed by atoms with Crippen LogP contribution < -0.4 is 16.4 Å². The van der Waals surface area contributed by atoms with Crippen molar-refractivity contribution in [3.63, 3.8) is 0 Å². The van der Waals surface area contributed by atoms with Gasteiger partial charge in [0.05, 0.1) is 19.8 Å². The molecule has 0 aliphatic rings. The van der Waals surface area contributed by atoms with E-state index in [9.17, 15) is 23.8 Å². The first-order valence-corrected chi connectivity index (χ1v) is 24.3. The Labute approximate surface area is 359 Å². The van der Waals surface area contributed by atoms with Gasteiger partial charge in [-0.3, -0.25) is 14.2 Å². The van der Waals surface area contributed by atoms with E-state index in [0.29, 0.717) is 12.8 Å². The molecule has 1 amide bonds. The summed E-state index contributed by atoms with van der Waals surface area (Å²) in [6, 6.07) is 0. The molecule has 13 nitrogen and oxygen atoms in total. The molecule has 0 aliphatic heterocycles. The number of ether oxygens (including phenoxy) is 4. The van der Waals surface area contributed by atoms with Crippen molar-refractivity contribution in [1.29, 1.82) is 0 Å². The van der Waals surface area contributed by atoms with Gasteiger partial charge in [0.2, 0.25) is 0 Å². The van der Waals surface area contributed by atoms with Crippen LogP contribution in [-0.2, 0) is 42.1 Å². The lowest BCUT2D eigenvalue weighted by Gasteiger charge is -2.25. The van der Waals surface area contributed by atoms with Crippen LogP contribution in [0.2, 0.25) is 0 Å². The Morgan fingerprint density at radius 3 is 1.47 bits per heavy atom. The summed E-state index contributed by atoms with van der Waals surface area (Å²) in [7, 11) is -3.36. The number of unbranched alkanes of at least 4 members (excludes halogenated alkanes) is 22. The number of phosphoric ester groups is 1. The molecule has 5 N–H and O–H groups in total. The Hall–Kier alpha value is -2.28. The Bertz CT molecular complexity index is 1080. The summed E-state index contributed by atoms with van der Waals surface area (Å²) in [6.07, 6.45) is 37.5. The second kappa shape index (κ2) is 45.3. The van der Waals surface area contributed by atoms with Crippen LogP contribution >= 0.6 is 7.82 Å². The number of esters is 2. The summed E-state index contributed by atoms with van der Waals surface area (Å²) < 4.78 is 42.7. The van der Waals surface area contributed by atoms with Gasteiger partial charge in [-0.15, -0.1) is 0 Å². The lowest BCUT2D eigenvalue weighted by Crippen LogP contribution is -2.31. The number of hydrogen-bond donors (Lipinski definition) is 2. The number of carbonyl (C=O) groups is 3. The lowest BCUT2D eigenvalue weighted by molar-refractivity contribution is -0.228. The maximum atomic E-state index is 12.7. The molecule has 0 aliphatic carbocycles. The van der Waals surface area contributed by atoms with Crippen LogP contribution in [0.25, 0.3) is 0 Å². The predicted octanol–water partition coefficient (Wildman–Crippen LogP) is 11.8. The average Bonchev–Trinajstić information content (AvgIpc) is 3.20. The standard InChI is InChI=1S/C45H84NO11P.H3N/c1-4-6-8-10-12-14-16-18-20-22-24-26-28-30-32-34-43(47)54-40-42(41-56-58(50,51)55-37-36-46-45(49)53-39-38-52-3)57-44(48)35-33-31-29-27-25-23-21-19-17-15-13-11-9-7-5-2;/h18-21,42H,4-17,22-41H2,1-3H3,(H,46,49)(H,50,51);1H3/b20-18-,21-19-;. The van der Waals surface area contributed by atoms with Crippen molar-refractivity contribution in [3.05, 3.63) is 24.3 Å². The van der Waals surface area contributed by atoms with Gasteiger partial charge < -0.3 is 44.4 Å². The minimum Gasteiger partial charge on any atom is -0.756 e. The number of phosphoric acid groups is 1. The van der Waals surface area contributed by atoms with E-state index in [0.717, 1.165) is 77.0 Å². The van der Waals surface area contributed by atoms with Crippen LogP contribution in [0.15, 0.2) is 24.3 Å². The van der Waals surface area contributed by atoms with E-state index in [1.807, 2.05) is 0 Å². The zero-order valence-corrected chi connectivity index (χ0v) is 38.8. The van der Waals surface area contributed by atoms with Gasteiger partial charge in [0.1, 0.15) is 13.2 Å². The van der Waals surface area contributed by atoms with Gasteiger partial charge in [-0.2, -0.15) is 0 Å². The fraction of sp³-hybridized carbons (Fsp3) is 0.844. The summed E-state index contributed by atoms with van der Waals surface area (Å²) in [5, 5.41) is 2.35. The van der Waals surface area contributed by atoms with E-state index in [1.54, 1.807) is 0 Å². The van der Waals surface area contributed by atoms with Gasteiger partial charge in [0, 0.05) is 26.5 Å². The van der Waals surface area contributed by atoms with Crippen LogP contribution in [0.1, 0.15) is 194 Å². The van der Waals surface area contributed by atoms with Gasteiger partial charge >= 0.3 is 18.0 Å². The first-order valence-electron chi connectivity index (χ1n) is 22.9. The second-order valence-corrected chi connectivity index (χ2v) is 16.5. The molecular formula is C45H87N2O11P. The first kappa shape index (κ1) is 58.8. The highest BCUT2D eigenvalue weighted by atomic mass is 31.2. The highest BCUT2D eigenvalue weighted by molar-refractivity contribution is 7.45. The highest BCUT2D eigenvalue weighted by Gasteiger charge is 2.21. The highest BCUT2D eigenvalue weighted by Crippen LogP contribution is 2.38. The molecule has 0 bridgehead atoms. The maximum Gasteiger partial charge on any atom is 0.407 e. The van der Waals surface area contributed by atoms with Gasteiger partial charge in [-0.1, -0.05) is 141 Å². The number of amides is 1. The van der Waals surface area contributed by atoms with E-state index >= 15 is 0 Å². The smallest absolute Gasteiger partial charge is 0.407 e. The molecule has 0 saturated heterocycles. The Kier molecular flexibility index (Phi) is 45.1. The van der Waals surface area contributed by atoms with Crippen molar-refractivity contribution >= 4 is 25.9 Å². The first-order chi connectivity index (χ1) is 28.2. The van der Waals surface area contributed by atoms with E-state index < -0.39 is 45.2 Å². The molecule has 0 aromatic carbocycles. The molecule has 14 heteroatoms. The van der Waals surface area contributed by atoms with Gasteiger partial charge in [0.25, 0.3) is 7.82 Å². The van der Waals surface area contributed by atoms with Gasteiger partial charge in [0.15, 0.2) is 6.10 Å². The lowest BCUT2D eigenvalue weighted by atomic mass is 10.1. The number of quaternary nitrogens is 1. The molecule has 0 heterocycles. The number of alkyl carbamates (subject to hydrolysis) is 1. The Morgan fingerprint density at radius 1 is 0.559 bits per heavy atom. The largest absolute Gasteiger partial charge is 0.756 e. The summed E-state index contributed by atoms with van der Waals surface area (Å²) >= 11 is 0. The fourth-order valence-electron chi connectivity index (χ4n) is 6.09. The molecule has 0 aromatic rings. The normalized spacial score (nSPS) is 12.9. The van der Waals surface area contributed by atoms with Crippen LogP contribution in [0.4, 0.5) is 4.79 Å². The van der Waals surface area contributed by atoms with Gasteiger partial charge in [-0.25, -0.2) is 4.79 Å². The molecule has 0 radical (unpaired) electrons. The molecule has 0 spiro atoms. The minimum absolute atomic E-state index is 0. The third-order valence-electron chi connectivity index (χ3n) is 9.57. The Balaban J connectivity index is 0. The molecule has 0 rings (SSSR count). The second-order valence-electron chi connectivity index (χ2n) is 15.1. The summed E-state index contributed by atoms with van der Waals surface area (Å²) in [4.78, 5) is 49.2. The van der Waals surface area contributed by atoms with E-state index in [-0.39, 0.29) is 45.4 Å². The zero-order valence-electron chi connectivity index (χ0n) is 37.9. The number of rotatable bonds is 43. The summed E-state index contributed by atoms with van der Waals surface area (Å²) in [6.45, 7) is 3.29. The molecule has 0 aromatic heterocycles. The van der Waals surface area contributed by atoms with Crippen molar-refractivity contribution in [2.45, 2.75) is 200 Å². The average molecular weight is 863 g/mol. The SMILES string of the molecule is CCCCCCCC/C=C\CCCCCCCC(=O)OCC(COP(=O)([O-])OCCNC(=O)OCCOC)OC(=O)CCCCCCC/C=C\CCCCCCCC.[NH4+]. The monoisotopic (exact) mass is 863 g/mol. The van der Waals surface area contributed by atoms with Crippen molar-refractivity contribution < 1.29 is 51.8 Å². The van der Waals surface area contributed by atoms with Crippen molar-refractivity contribution in [2.75, 3.05) is 46.7 Å². The van der Waals surface area contributed by atoms with E-state index in [2.05, 4.69) is 43.5 Å². The maximum absolute atomic E-state index is 12.7. The minimum atomic E-state index is -4.83. The van der Waals surface area contributed by atoms with Gasteiger partial charge in [-0.05, 0) is 64.2 Å². The number of carbonyl (C=O) groups excluding carboxylic acids is 3. The van der Waals surface area contributed by atoms with Crippen molar-refractivity contribution in [2.24, 2.45) is 0 Å². The predicted molar refractivity (Wildman–Crippen MR) is 236 cm³/mol. The summed E-state index contributed by atoms with van der Waals surface area (Å²) in [5.41, 5.74) is 0. The molecule has 2 unspecified atom stereocenters. The van der Waals surface area contributed by atoms with Crippen LogP contribution in [0, 0.1) is 0 Å². The van der Waals surface area contributed by atoms with Crippen LogP contribution in [-0.4, -0.2) is 70.8 Å². The van der Waals surface area contributed by atoms with E-state index in [4.69, 9.17) is 28.0 Å². The summed E-state index contributed by atoms with van der Waals surface area (Å²) in [5.74, 6) is -0.960. The fourth-order valence-corrected chi connectivity index (χ4v) is 6.83. The molecule has 0 fully saturated rings. The molecule has 348 valence electrons. The van der Waals surface area contributed by atoms with E-state index in [1.165, 1.54) is 84.2 Å². The number of hydrogen-bond acceptors (Lipinski definition) is 11. The molecule has 0 saturated carbocycles. The number of methoxy groups -OCH3 is 1. The molecular weight excluding hydrogens is 775 g/mol. The molecule has 59 heavy (non-hydrogen) atoms. The van der Waals surface area contributed by atoms with Crippen molar-refractivity contribution in [3.8, 4) is 0 Å². The van der Waals surface area contributed by atoms with Crippen LogP contribution in [0.3, 0.4) is 0 Å². The van der Waals surface area contributed by atoms with Crippen molar-refractivity contribution in [1.82, 2.24) is 11.5 Å². The topological polar surface area (TPSA) is 195 Å². The number of nitrogens with one attached hydrogen (secondary N) is 1. The third kappa shape index (κ3) is 45.1. The van der Waals surface area contributed by atoms with Crippen LogP contribution in [0.5, 0.6) is 0 Å². The quantitative estimate of drug-likeness (QED) is 0.0195. The Morgan fingerprint density at radius 2 is 1.00 bits per heavy atom. The zero-order chi connectivity index (χ0) is 42.6. The molecule has 2 atom stereocenters.